The summed E-state index contributed by atoms with van der Waals surface area (Å²) in [6, 6.07) is 8.18. The Labute approximate surface area is 167 Å². The summed E-state index contributed by atoms with van der Waals surface area (Å²) < 4.78 is 11.8. The van der Waals surface area contributed by atoms with Crippen molar-refractivity contribution in [1.82, 2.24) is 20.3 Å². The van der Waals surface area contributed by atoms with Crippen LogP contribution in [0.25, 0.3) is 16.5 Å². The Kier molecular flexibility index (Phi) is 4.53. The summed E-state index contributed by atoms with van der Waals surface area (Å²) in [5, 5.41) is 17.5. The van der Waals surface area contributed by atoms with Gasteiger partial charge in [-0.3, -0.25) is 0 Å². The predicted octanol–water partition coefficient (Wildman–Crippen LogP) is 2.20. The lowest BCUT2D eigenvalue weighted by atomic mass is 10.1. The zero-order valence-electron chi connectivity index (χ0n) is 15.7. The molecule has 0 saturated carbocycles. The van der Waals surface area contributed by atoms with Gasteiger partial charge in [-0.1, -0.05) is 18.2 Å². The van der Waals surface area contributed by atoms with E-state index in [-0.39, 0.29) is 0 Å². The van der Waals surface area contributed by atoms with Gasteiger partial charge in [0.05, 0.1) is 13.2 Å². The summed E-state index contributed by atoms with van der Waals surface area (Å²) >= 11 is 0. The monoisotopic (exact) mass is 391 g/mol. The van der Waals surface area contributed by atoms with Crippen LogP contribution in [0.1, 0.15) is 11.4 Å². The molecular weight excluding hydrogens is 370 g/mol. The van der Waals surface area contributed by atoms with Crippen molar-refractivity contribution in [2.75, 3.05) is 25.1 Å². The van der Waals surface area contributed by atoms with Gasteiger partial charge in [-0.15, -0.1) is 0 Å². The predicted molar refractivity (Wildman–Crippen MR) is 110 cm³/mol. The van der Waals surface area contributed by atoms with Crippen molar-refractivity contribution in [3.8, 4) is 11.6 Å². The first-order valence-electron chi connectivity index (χ1n) is 9.57. The molecule has 0 bridgehead atoms. The standard InChI is InChI=1S/C21H21N5O3/c27-20-15(5-3-8-23-20)18-25-19-17(28-11-9-22-19)21(26-18)29-10-7-13-12-24-16-6-2-1-4-14(13)16/h1-6,8,12,20,23-24,27H,7,9-11H2,(H,22,25,26). The Bertz CT molecular complexity index is 1100. The van der Waals surface area contributed by atoms with E-state index in [1.165, 1.54) is 10.9 Å². The number of allylic oxidation sites excluding steroid dienone is 2. The van der Waals surface area contributed by atoms with Gasteiger partial charge in [-0.25, -0.2) is 4.98 Å². The molecule has 2 aromatic heterocycles. The fraction of sp³-hybridized carbons (Fsp3) is 0.238. The smallest absolute Gasteiger partial charge is 0.263 e. The lowest BCUT2D eigenvalue weighted by Gasteiger charge is -2.23. The number of ether oxygens (including phenoxy) is 2. The van der Waals surface area contributed by atoms with E-state index in [0.717, 1.165) is 11.9 Å². The van der Waals surface area contributed by atoms with Gasteiger partial charge in [0.2, 0.25) is 5.75 Å². The molecule has 1 unspecified atom stereocenters. The number of hydrogen-bond donors (Lipinski definition) is 4. The van der Waals surface area contributed by atoms with Crippen LogP contribution in [0, 0.1) is 0 Å². The third-order valence-corrected chi connectivity index (χ3v) is 4.94. The Morgan fingerprint density at radius 2 is 2.17 bits per heavy atom. The summed E-state index contributed by atoms with van der Waals surface area (Å²) in [6.07, 6.45) is 7.11. The number of rotatable bonds is 5. The Balaban J connectivity index is 1.40. The van der Waals surface area contributed by atoms with Crippen LogP contribution in [0.2, 0.25) is 0 Å². The number of aliphatic hydroxyl groups is 1. The number of dihydropyridines is 1. The Morgan fingerprint density at radius 1 is 1.24 bits per heavy atom. The van der Waals surface area contributed by atoms with Crippen LogP contribution in [0.4, 0.5) is 5.82 Å². The number of aromatic nitrogens is 3. The fourth-order valence-corrected chi connectivity index (χ4v) is 3.50. The first-order valence-corrected chi connectivity index (χ1v) is 9.57. The van der Waals surface area contributed by atoms with Crippen molar-refractivity contribution in [1.29, 1.82) is 0 Å². The second kappa shape index (κ2) is 7.48. The summed E-state index contributed by atoms with van der Waals surface area (Å²) in [5.74, 6) is 1.85. The van der Waals surface area contributed by atoms with Crippen molar-refractivity contribution < 1.29 is 14.6 Å². The molecule has 4 N–H and O–H groups in total. The minimum atomic E-state index is -0.873. The maximum atomic E-state index is 10.2. The molecule has 1 aromatic carbocycles. The highest BCUT2D eigenvalue weighted by Crippen LogP contribution is 2.36. The van der Waals surface area contributed by atoms with E-state index in [9.17, 15) is 5.11 Å². The van der Waals surface area contributed by atoms with Crippen molar-refractivity contribution in [3.63, 3.8) is 0 Å². The average molecular weight is 391 g/mol. The average Bonchev–Trinajstić information content (AvgIpc) is 3.17. The summed E-state index contributed by atoms with van der Waals surface area (Å²) in [5.41, 5.74) is 2.86. The molecule has 4 heterocycles. The molecule has 29 heavy (non-hydrogen) atoms. The molecular formula is C21H21N5O3. The van der Waals surface area contributed by atoms with E-state index in [4.69, 9.17) is 9.47 Å². The molecule has 8 nitrogen and oxygen atoms in total. The fourth-order valence-electron chi connectivity index (χ4n) is 3.50. The second-order valence-electron chi connectivity index (χ2n) is 6.81. The lowest BCUT2D eigenvalue weighted by molar-refractivity contribution is 0.209. The van der Waals surface area contributed by atoms with Crippen LogP contribution >= 0.6 is 0 Å². The quantitative estimate of drug-likeness (QED) is 0.529. The van der Waals surface area contributed by atoms with E-state index in [1.54, 1.807) is 18.4 Å². The lowest BCUT2D eigenvalue weighted by Crippen LogP contribution is -2.28. The summed E-state index contributed by atoms with van der Waals surface area (Å²) in [7, 11) is 0. The number of aliphatic hydroxyl groups excluding tert-OH is 1. The van der Waals surface area contributed by atoms with E-state index >= 15 is 0 Å². The molecule has 2 aliphatic rings. The number of benzene rings is 1. The third kappa shape index (κ3) is 3.38. The number of nitrogens with one attached hydrogen (secondary N) is 3. The number of aromatic amines is 1. The van der Waals surface area contributed by atoms with Crippen LogP contribution < -0.4 is 20.1 Å². The second-order valence-corrected chi connectivity index (χ2v) is 6.81. The SMILES string of the molecule is OC1NC=CC=C1c1nc2c(c(OCCc3c[nH]c4ccccc34)n1)OCCN2. The highest BCUT2D eigenvalue weighted by molar-refractivity contribution is 5.83. The van der Waals surface area contributed by atoms with Crippen LogP contribution in [0.15, 0.2) is 48.8 Å². The highest BCUT2D eigenvalue weighted by atomic mass is 16.5. The minimum absolute atomic E-state index is 0.375. The normalized spacial score (nSPS) is 17.7. The van der Waals surface area contributed by atoms with Crippen molar-refractivity contribution >= 4 is 22.3 Å². The van der Waals surface area contributed by atoms with Crippen molar-refractivity contribution in [3.05, 3.63) is 60.2 Å². The molecule has 8 heteroatoms. The topological polar surface area (TPSA) is 104 Å². The van der Waals surface area contributed by atoms with Crippen LogP contribution in [0.5, 0.6) is 11.6 Å². The van der Waals surface area contributed by atoms with Crippen molar-refractivity contribution in [2.45, 2.75) is 12.6 Å². The molecule has 3 aromatic rings. The Morgan fingerprint density at radius 3 is 3.10 bits per heavy atom. The van der Waals surface area contributed by atoms with E-state index in [1.807, 2.05) is 18.3 Å². The number of hydrogen-bond acceptors (Lipinski definition) is 7. The van der Waals surface area contributed by atoms with Gasteiger partial charge in [0.15, 0.2) is 17.9 Å². The van der Waals surface area contributed by atoms with E-state index < -0.39 is 6.23 Å². The molecule has 1 atom stereocenters. The van der Waals surface area contributed by atoms with Crippen LogP contribution in [0.3, 0.4) is 0 Å². The van der Waals surface area contributed by atoms with Gasteiger partial charge in [0.1, 0.15) is 6.61 Å². The van der Waals surface area contributed by atoms with Gasteiger partial charge < -0.3 is 30.2 Å². The maximum absolute atomic E-state index is 10.2. The molecule has 0 spiro atoms. The minimum Gasteiger partial charge on any atom is -0.483 e. The van der Waals surface area contributed by atoms with Crippen molar-refractivity contribution in [2.24, 2.45) is 0 Å². The number of para-hydroxylation sites is 1. The van der Waals surface area contributed by atoms with Gasteiger partial charge >= 0.3 is 0 Å². The zero-order valence-corrected chi connectivity index (χ0v) is 15.7. The van der Waals surface area contributed by atoms with Gasteiger partial charge in [0, 0.05) is 29.1 Å². The molecule has 5 rings (SSSR count). The molecule has 0 radical (unpaired) electrons. The third-order valence-electron chi connectivity index (χ3n) is 4.94. The van der Waals surface area contributed by atoms with E-state index in [0.29, 0.717) is 48.6 Å². The highest BCUT2D eigenvalue weighted by Gasteiger charge is 2.24. The first-order chi connectivity index (χ1) is 14.3. The first kappa shape index (κ1) is 17.6. The largest absolute Gasteiger partial charge is 0.483 e. The number of anilines is 1. The van der Waals surface area contributed by atoms with Crippen LogP contribution in [-0.4, -0.2) is 46.0 Å². The van der Waals surface area contributed by atoms with E-state index in [2.05, 4.69) is 37.7 Å². The summed E-state index contributed by atoms with van der Waals surface area (Å²) in [6.45, 7) is 1.61. The molecule has 2 aliphatic heterocycles. The van der Waals surface area contributed by atoms with Crippen LogP contribution in [-0.2, 0) is 6.42 Å². The number of H-pyrrole nitrogens is 1. The van der Waals surface area contributed by atoms with Gasteiger partial charge in [-0.05, 0) is 30.0 Å². The number of fused-ring (bicyclic) bond motifs is 2. The molecule has 0 amide bonds. The number of nitrogens with zero attached hydrogens (tertiary/aromatic N) is 2. The maximum Gasteiger partial charge on any atom is 0.263 e. The zero-order chi connectivity index (χ0) is 19.6. The molecule has 0 aliphatic carbocycles. The van der Waals surface area contributed by atoms with Gasteiger partial charge in [0.25, 0.3) is 5.88 Å². The molecule has 0 saturated heterocycles. The van der Waals surface area contributed by atoms with Gasteiger partial charge in [-0.2, -0.15) is 4.98 Å². The Hall–Kier alpha value is -3.52. The molecule has 0 fully saturated rings. The summed E-state index contributed by atoms with van der Waals surface area (Å²) in [4.78, 5) is 12.3. The molecule has 148 valence electrons.